The smallest absolute Gasteiger partial charge is 0.147 e. The van der Waals surface area contributed by atoms with Crippen molar-refractivity contribution in [2.45, 2.75) is 50.6 Å². The Morgan fingerprint density at radius 2 is 1.58 bits per heavy atom. The molecule has 0 saturated heterocycles. The third kappa shape index (κ3) is 3.69. The molecule has 3 heteroatoms. The molecule has 0 aromatic heterocycles. The molecule has 1 aromatic rings. The Balaban J connectivity index is 0.00000144. The van der Waals surface area contributed by atoms with Crippen LogP contribution in [0.25, 0.3) is 11.6 Å². The first kappa shape index (κ1) is 21.9. The standard InChI is InChI=1S/C21H25.2ClH.Zr/c1-12(2)16-7-14(5)18-11-19-15(6)8-17(13(3)4)10-21(19)20(18)9-16;;;/h7-13H,1-6H3;2*1H;. The quantitative estimate of drug-likeness (QED) is 0.461. The molecule has 0 fully saturated rings. The molecule has 2 aliphatic rings. The molecule has 2 aliphatic carbocycles. The summed E-state index contributed by atoms with van der Waals surface area (Å²) in [5, 5.41) is 0. The van der Waals surface area contributed by atoms with E-state index in [0.29, 0.717) is 11.8 Å². The molecular weight excluding hydrogens is 414 g/mol. The zero-order valence-electron chi connectivity index (χ0n) is 15.4. The van der Waals surface area contributed by atoms with E-state index in [-0.39, 0.29) is 27.9 Å². The second-order valence-corrected chi connectivity index (χ2v) is 10.1. The Bertz CT molecular complexity index is 734. The summed E-state index contributed by atoms with van der Waals surface area (Å²) in [5.74, 6) is 1.17. The van der Waals surface area contributed by atoms with Gasteiger partial charge in [-0.05, 0) is 0 Å². The van der Waals surface area contributed by atoms with Crippen LogP contribution in [0.4, 0.5) is 0 Å². The zero-order valence-corrected chi connectivity index (χ0v) is 19.4. The van der Waals surface area contributed by atoms with Crippen molar-refractivity contribution in [3.05, 3.63) is 57.7 Å². The third-order valence-electron chi connectivity index (χ3n) is 4.94. The van der Waals surface area contributed by atoms with E-state index in [1.54, 1.807) is 24.7 Å². The second kappa shape index (κ2) is 7.65. The summed E-state index contributed by atoms with van der Waals surface area (Å²) in [5.41, 5.74) is 10.3. The van der Waals surface area contributed by atoms with Gasteiger partial charge in [0.15, 0.2) is 0 Å². The van der Waals surface area contributed by atoms with E-state index in [1.807, 2.05) is 0 Å². The van der Waals surface area contributed by atoms with E-state index in [9.17, 15) is 0 Å². The minimum absolute atomic E-state index is 0. The molecule has 1 atom stereocenters. The summed E-state index contributed by atoms with van der Waals surface area (Å²) in [7, 11) is 0. The van der Waals surface area contributed by atoms with Crippen molar-refractivity contribution in [2.24, 2.45) is 5.92 Å². The molecule has 0 nitrogen and oxygen atoms in total. The predicted molar refractivity (Wildman–Crippen MR) is 107 cm³/mol. The van der Waals surface area contributed by atoms with Gasteiger partial charge in [0.25, 0.3) is 0 Å². The van der Waals surface area contributed by atoms with Gasteiger partial charge < -0.3 is 0 Å². The summed E-state index contributed by atoms with van der Waals surface area (Å²) in [6.45, 7) is 13.8. The maximum absolute atomic E-state index is 2.50. The van der Waals surface area contributed by atoms with Crippen LogP contribution in [-0.4, -0.2) is 0 Å². The van der Waals surface area contributed by atoms with E-state index in [2.05, 4.69) is 71.9 Å². The van der Waals surface area contributed by atoms with Crippen LogP contribution in [0.5, 0.6) is 0 Å². The monoisotopic (exact) mass is 439 g/mol. The van der Waals surface area contributed by atoms with Crippen LogP contribution in [0.15, 0.2) is 35.4 Å². The number of hydrogen-bond donors (Lipinski definition) is 0. The van der Waals surface area contributed by atoms with Crippen molar-refractivity contribution < 1.29 is 24.7 Å². The minimum atomic E-state index is 0. The maximum Gasteiger partial charge on any atom is -0.147 e. The largest absolute Gasteiger partial charge is 0.147 e. The minimum Gasteiger partial charge on any atom is -0.147 e. The van der Waals surface area contributed by atoms with Crippen molar-refractivity contribution in [3.63, 3.8) is 0 Å². The van der Waals surface area contributed by atoms with Crippen molar-refractivity contribution >= 4 is 36.5 Å². The number of halogens is 2. The molecule has 1 aromatic carbocycles. The van der Waals surface area contributed by atoms with E-state index in [0.717, 1.165) is 0 Å². The molecule has 0 radical (unpaired) electrons. The van der Waals surface area contributed by atoms with Gasteiger partial charge in [0.1, 0.15) is 0 Å². The van der Waals surface area contributed by atoms with E-state index in [4.69, 9.17) is 0 Å². The third-order valence-corrected chi connectivity index (χ3v) is 5.95. The molecule has 24 heavy (non-hydrogen) atoms. The van der Waals surface area contributed by atoms with Gasteiger partial charge in [0.2, 0.25) is 0 Å². The number of allylic oxidation sites excluding steroid dienone is 5. The van der Waals surface area contributed by atoms with Crippen LogP contribution in [-0.2, 0) is 24.7 Å². The molecule has 0 aliphatic heterocycles. The van der Waals surface area contributed by atoms with Crippen LogP contribution >= 0.6 is 24.8 Å². The van der Waals surface area contributed by atoms with Gasteiger partial charge in [-0.25, -0.2) is 0 Å². The molecular formula is C21H27Cl2Zr. The fraction of sp³-hybridized carbons (Fsp3) is 0.429. The fourth-order valence-corrected chi connectivity index (χ4v) is 4.40. The van der Waals surface area contributed by atoms with Crippen molar-refractivity contribution in [2.75, 3.05) is 0 Å². The molecule has 0 amide bonds. The molecule has 0 saturated carbocycles. The van der Waals surface area contributed by atoms with Gasteiger partial charge in [-0.1, -0.05) is 0 Å². The van der Waals surface area contributed by atoms with Gasteiger partial charge in [0.05, 0.1) is 0 Å². The summed E-state index contributed by atoms with van der Waals surface area (Å²) >= 11 is 1.57. The molecule has 129 valence electrons. The number of benzene rings is 1. The fourth-order valence-electron chi connectivity index (χ4n) is 3.48. The first-order chi connectivity index (χ1) is 10.2. The first-order valence-electron chi connectivity index (χ1n) is 8.27. The zero-order chi connectivity index (χ0) is 16.2. The molecule has 3 rings (SSSR count). The SMILES string of the molecule is Cc1cc(C(C)C)cc2c1C=C1C2=CC(C(C)C)=C[C]1(C)[Zr].Cl.Cl. The van der Waals surface area contributed by atoms with Crippen molar-refractivity contribution in [3.8, 4) is 0 Å². The molecule has 0 N–H and O–H groups in total. The molecule has 0 heterocycles. The summed E-state index contributed by atoms with van der Waals surface area (Å²) in [6.07, 6.45) is 7.39. The second-order valence-electron chi connectivity index (χ2n) is 7.57. The molecule has 1 unspecified atom stereocenters. The molecule has 0 spiro atoms. The Kier molecular flexibility index (Phi) is 6.99. The van der Waals surface area contributed by atoms with Crippen LogP contribution in [0.1, 0.15) is 62.8 Å². The Hall–Kier alpha value is -0.0969. The Morgan fingerprint density at radius 1 is 0.958 bits per heavy atom. The predicted octanol–water partition coefficient (Wildman–Crippen LogP) is 7.06. The first-order valence-corrected chi connectivity index (χ1v) is 9.50. The van der Waals surface area contributed by atoms with Gasteiger partial charge in [-0.2, -0.15) is 0 Å². The van der Waals surface area contributed by atoms with Crippen LogP contribution in [0, 0.1) is 12.8 Å². The van der Waals surface area contributed by atoms with Gasteiger partial charge >= 0.3 is 151 Å². The van der Waals surface area contributed by atoms with Crippen LogP contribution < -0.4 is 0 Å². The van der Waals surface area contributed by atoms with Gasteiger partial charge in [0, 0.05) is 0 Å². The molecule has 0 bridgehead atoms. The van der Waals surface area contributed by atoms with Gasteiger partial charge in [-0.3, -0.25) is 0 Å². The van der Waals surface area contributed by atoms with Gasteiger partial charge in [-0.15, -0.1) is 24.8 Å². The van der Waals surface area contributed by atoms with Crippen molar-refractivity contribution in [1.82, 2.24) is 0 Å². The average Bonchev–Trinajstić information content (AvgIpc) is 2.78. The number of hydrogen-bond acceptors (Lipinski definition) is 0. The average molecular weight is 442 g/mol. The topological polar surface area (TPSA) is 0 Å². The number of rotatable bonds is 2. The summed E-state index contributed by atoms with van der Waals surface area (Å²) in [6, 6.07) is 4.80. The summed E-state index contributed by atoms with van der Waals surface area (Å²) in [4.78, 5) is 0. The maximum atomic E-state index is 2.50. The van der Waals surface area contributed by atoms with E-state index in [1.165, 1.54) is 39.0 Å². The Morgan fingerprint density at radius 3 is 2.12 bits per heavy atom. The summed E-state index contributed by atoms with van der Waals surface area (Å²) < 4.78 is 0.208. The van der Waals surface area contributed by atoms with E-state index >= 15 is 0 Å². The normalized spacial score (nSPS) is 21.2. The Labute approximate surface area is 174 Å². The number of aryl methyl sites for hydroxylation is 1. The van der Waals surface area contributed by atoms with Crippen LogP contribution in [0.2, 0.25) is 3.12 Å². The van der Waals surface area contributed by atoms with Crippen LogP contribution in [0.3, 0.4) is 0 Å². The van der Waals surface area contributed by atoms with Crippen molar-refractivity contribution in [1.29, 1.82) is 0 Å². The van der Waals surface area contributed by atoms with E-state index < -0.39 is 0 Å². The number of fused-ring (bicyclic) bond motifs is 3.